The number of rotatable bonds is 8. The highest BCUT2D eigenvalue weighted by Gasteiger charge is 2.76. The minimum absolute atomic E-state index is 0.0556. The molecule has 1 heterocycles. The largest absolute Gasteiger partial charge is 0.459 e. The number of esters is 5. The molecule has 1 saturated carbocycles. The van der Waals surface area contributed by atoms with Gasteiger partial charge in [-0.1, -0.05) is 19.4 Å². The Labute approximate surface area is 239 Å². The Morgan fingerprint density at radius 3 is 2.22 bits per heavy atom. The summed E-state index contributed by atoms with van der Waals surface area (Å²) in [4.78, 5) is 63.5. The molecule has 12 heteroatoms. The van der Waals surface area contributed by atoms with Gasteiger partial charge in [0.2, 0.25) is 0 Å². The molecule has 1 aliphatic heterocycles. The minimum atomic E-state index is -2.57. The van der Waals surface area contributed by atoms with Crippen molar-refractivity contribution in [3.8, 4) is 0 Å². The lowest BCUT2D eigenvalue weighted by atomic mass is 9.75. The van der Waals surface area contributed by atoms with E-state index < -0.39 is 83.4 Å². The van der Waals surface area contributed by atoms with Gasteiger partial charge in [-0.3, -0.25) is 14.4 Å². The number of carbonyl (C=O) groups excluding carboxylic acids is 5. The van der Waals surface area contributed by atoms with Gasteiger partial charge in [0.15, 0.2) is 29.5 Å². The number of fused-ring (bicyclic) bond motifs is 3. The molecule has 12 nitrogen and oxygen atoms in total. The molecular formula is C29H40O12. The maximum Gasteiger partial charge on any atom is 0.341 e. The predicted molar refractivity (Wildman–Crippen MR) is 141 cm³/mol. The standard InChI is InChI=1S/C29H40O12/c1-9-11-12-19(32)38-23-21-20(15(4)22(23)39-25(33)14(3)10-2)24-29(36,28(8,35)26(34)40-24)18(37-16(5)30)13-27(21,7)41-17(6)31/h10,18,21-24,35-36H,9,11-13H2,1-8H3/b14-10-/t18-,21+,22-,23-,24-,27-,28+,29+/m0/s1. The first kappa shape index (κ1) is 32.3. The van der Waals surface area contributed by atoms with E-state index in [4.69, 9.17) is 23.7 Å². The van der Waals surface area contributed by atoms with Gasteiger partial charge in [-0.05, 0) is 52.2 Å². The zero-order valence-electron chi connectivity index (χ0n) is 24.8. The molecule has 0 aromatic heterocycles. The van der Waals surface area contributed by atoms with Gasteiger partial charge in [-0.15, -0.1) is 0 Å². The zero-order chi connectivity index (χ0) is 31.1. The van der Waals surface area contributed by atoms with Crippen molar-refractivity contribution in [2.45, 2.75) is 122 Å². The van der Waals surface area contributed by atoms with E-state index >= 15 is 0 Å². The first-order chi connectivity index (χ1) is 19.0. The topological polar surface area (TPSA) is 172 Å². The van der Waals surface area contributed by atoms with Crippen LogP contribution in [0.5, 0.6) is 0 Å². The Morgan fingerprint density at radius 1 is 1.05 bits per heavy atom. The van der Waals surface area contributed by atoms with Gasteiger partial charge in [0.05, 0.1) is 5.92 Å². The van der Waals surface area contributed by atoms with E-state index in [1.807, 2.05) is 6.92 Å². The van der Waals surface area contributed by atoms with Gasteiger partial charge in [-0.2, -0.15) is 0 Å². The van der Waals surface area contributed by atoms with E-state index in [1.54, 1.807) is 26.8 Å². The Morgan fingerprint density at radius 2 is 1.68 bits per heavy atom. The second-order valence-corrected chi connectivity index (χ2v) is 11.4. The molecule has 2 aliphatic carbocycles. The summed E-state index contributed by atoms with van der Waals surface area (Å²) in [5.74, 6) is -5.21. The van der Waals surface area contributed by atoms with Gasteiger partial charge in [-0.25, -0.2) is 9.59 Å². The zero-order valence-corrected chi connectivity index (χ0v) is 24.8. The third kappa shape index (κ3) is 5.51. The Hall–Kier alpha value is -3.25. The molecule has 0 spiro atoms. The highest BCUT2D eigenvalue weighted by molar-refractivity contribution is 5.88. The van der Waals surface area contributed by atoms with Crippen molar-refractivity contribution >= 4 is 29.8 Å². The summed E-state index contributed by atoms with van der Waals surface area (Å²) in [6, 6.07) is 0. The Balaban J connectivity index is 2.32. The van der Waals surface area contributed by atoms with Gasteiger partial charge in [0.1, 0.15) is 11.7 Å². The molecule has 0 aromatic carbocycles. The first-order valence-corrected chi connectivity index (χ1v) is 13.7. The molecule has 3 aliphatic rings. The lowest BCUT2D eigenvalue weighted by Gasteiger charge is -2.41. The second kappa shape index (κ2) is 11.6. The van der Waals surface area contributed by atoms with Crippen LogP contribution in [0.3, 0.4) is 0 Å². The summed E-state index contributed by atoms with van der Waals surface area (Å²) in [6.45, 7) is 11.4. The molecule has 3 rings (SSSR count). The summed E-state index contributed by atoms with van der Waals surface area (Å²) >= 11 is 0. The van der Waals surface area contributed by atoms with E-state index in [0.29, 0.717) is 12.8 Å². The fourth-order valence-corrected chi connectivity index (χ4v) is 6.13. The number of unbranched alkanes of at least 4 members (excludes halogenated alkanes) is 1. The molecule has 0 amide bonds. The highest BCUT2D eigenvalue weighted by atomic mass is 16.6. The average molecular weight is 581 g/mol. The number of aliphatic hydroxyl groups is 2. The van der Waals surface area contributed by atoms with E-state index in [1.165, 1.54) is 6.92 Å². The molecule has 0 aromatic rings. The maximum atomic E-state index is 13.0. The Kier molecular flexibility index (Phi) is 9.10. The Bertz CT molecular complexity index is 1180. The summed E-state index contributed by atoms with van der Waals surface area (Å²) in [5, 5.41) is 23.4. The van der Waals surface area contributed by atoms with Gasteiger partial charge < -0.3 is 33.9 Å². The lowest BCUT2D eigenvalue weighted by Crippen LogP contribution is -2.64. The predicted octanol–water partition coefficient (Wildman–Crippen LogP) is 1.98. The summed E-state index contributed by atoms with van der Waals surface area (Å²) in [7, 11) is 0. The molecule has 0 radical (unpaired) electrons. The minimum Gasteiger partial charge on any atom is -0.459 e. The molecule has 0 bridgehead atoms. The van der Waals surface area contributed by atoms with Crippen LogP contribution >= 0.6 is 0 Å². The smallest absolute Gasteiger partial charge is 0.341 e. The van der Waals surface area contributed by atoms with Crippen LogP contribution in [0.25, 0.3) is 0 Å². The number of hydrogen-bond acceptors (Lipinski definition) is 12. The van der Waals surface area contributed by atoms with Crippen LogP contribution in [0, 0.1) is 5.92 Å². The maximum absolute atomic E-state index is 13.0. The van der Waals surface area contributed by atoms with Crippen molar-refractivity contribution in [1.82, 2.24) is 0 Å². The SMILES string of the molecule is C/C=C(/C)C(=O)O[C@H]1C(C)=C2[C@H]([C@@H]1OC(=O)CCCC)[C@@](C)(OC(C)=O)C[C@H](OC(C)=O)[C@@]1(O)[C@H]2OC(=O)[C@@]1(C)O. The number of allylic oxidation sites excluding steroid dienone is 1. The molecule has 41 heavy (non-hydrogen) atoms. The third-order valence-electron chi connectivity index (χ3n) is 8.34. The van der Waals surface area contributed by atoms with Crippen molar-refractivity contribution in [2.75, 3.05) is 0 Å². The molecule has 8 atom stereocenters. The summed E-state index contributed by atoms with van der Waals surface area (Å²) in [5.41, 5.74) is -6.14. The lowest BCUT2D eigenvalue weighted by molar-refractivity contribution is -0.211. The van der Waals surface area contributed by atoms with E-state index in [-0.39, 0.29) is 23.1 Å². The highest BCUT2D eigenvalue weighted by Crippen LogP contribution is 2.57. The van der Waals surface area contributed by atoms with Crippen molar-refractivity contribution < 1.29 is 57.9 Å². The number of carbonyl (C=O) groups is 5. The van der Waals surface area contributed by atoms with Crippen molar-refractivity contribution in [3.63, 3.8) is 0 Å². The molecular weight excluding hydrogens is 540 g/mol. The molecule has 1 saturated heterocycles. The van der Waals surface area contributed by atoms with Crippen LogP contribution in [-0.2, 0) is 47.7 Å². The fourth-order valence-electron chi connectivity index (χ4n) is 6.13. The van der Waals surface area contributed by atoms with Crippen LogP contribution in [0.1, 0.15) is 81.1 Å². The van der Waals surface area contributed by atoms with Crippen LogP contribution in [0.15, 0.2) is 22.8 Å². The van der Waals surface area contributed by atoms with Gasteiger partial charge in [0.25, 0.3) is 0 Å². The second-order valence-electron chi connectivity index (χ2n) is 11.4. The molecule has 228 valence electrons. The van der Waals surface area contributed by atoms with Crippen molar-refractivity contribution in [1.29, 1.82) is 0 Å². The fraction of sp³-hybridized carbons (Fsp3) is 0.690. The molecule has 0 unspecified atom stereocenters. The first-order valence-electron chi connectivity index (χ1n) is 13.7. The van der Waals surface area contributed by atoms with Crippen LogP contribution in [0.4, 0.5) is 0 Å². The summed E-state index contributed by atoms with van der Waals surface area (Å²) in [6.07, 6.45) is -3.35. The van der Waals surface area contributed by atoms with Gasteiger partial charge >= 0.3 is 29.8 Å². The molecule has 2 N–H and O–H groups in total. The van der Waals surface area contributed by atoms with Gasteiger partial charge in [0, 0.05) is 32.3 Å². The number of ether oxygens (including phenoxy) is 5. The van der Waals surface area contributed by atoms with E-state index in [9.17, 15) is 34.2 Å². The normalized spacial score (nSPS) is 36.5. The third-order valence-corrected chi connectivity index (χ3v) is 8.34. The quantitative estimate of drug-likeness (QED) is 0.185. The van der Waals surface area contributed by atoms with Crippen LogP contribution in [0.2, 0.25) is 0 Å². The van der Waals surface area contributed by atoms with Crippen molar-refractivity contribution in [3.05, 3.63) is 22.8 Å². The van der Waals surface area contributed by atoms with E-state index in [2.05, 4.69) is 0 Å². The monoisotopic (exact) mass is 580 g/mol. The number of hydrogen-bond donors (Lipinski definition) is 2. The van der Waals surface area contributed by atoms with E-state index in [0.717, 1.165) is 20.8 Å². The van der Waals surface area contributed by atoms with Crippen LogP contribution in [-0.4, -0.2) is 81.3 Å². The van der Waals surface area contributed by atoms with Crippen LogP contribution < -0.4 is 0 Å². The average Bonchev–Trinajstić information content (AvgIpc) is 3.20. The summed E-state index contributed by atoms with van der Waals surface area (Å²) < 4.78 is 28.6. The van der Waals surface area contributed by atoms with Crippen molar-refractivity contribution in [2.24, 2.45) is 5.92 Å². The molecule has 2 fully saturated rings.